The first-order valence-electron chi connectivity index (χ1n) is 13.3. The van der Waals surface area contributed by atoms with Crippen LogP contribution in [0.4, 0.5) is 0 Å². The minimum absolute atomic E-state index is 0.228. The van der Waals surface area contributed by atoms with Crippen molar-refractivity contribution in [2.24, 2.45) is 0 Å². The van der Waals surface area contributed by atoms with E-state index in [0.717, 1.165) is 26.2 Å². The molecule has 4 aromatic rings. The molecule has 1 saturated heterocycles. The molecule has 1 heterocycles. The summed E-state index contributed by atoms with van der Waals surface area (Å²) in [6.07, 6.45) is 6.78. The Kier molecular flexibility index (Phi) is 8.43. The predicted octanol–water partition coefficient (Wildman–Crippen LogP) is 7.45. The lowest BCUT2D eigenvalue weighted by molar-refractivity contribution is 0.0882. The molecule has 0 spiro atoms. The second-order valence-corrected chi connectivity index (χ2v) is 9.73. The fraction of sp³-hybridized carbons (Fsp3) is 0.200. The maximum absolute atomic E-state index is 4.26. The van der Waals surface area contributed by atoms with Crippen LogP contribution in [0.15, 0.2) is 140 Å². The van der Waals surface area contributed by atoms with E-state index < -0.39 is 0 Å². The standard InChI is InChI=1S/C35H36N2/c1-2-33(30-17-9-4-10-18-30)34(24-23-29-15-7-3-8-16-29)36-25-27-37(28-26-36)35(31-19-11-5-12-20-31)32-21-13-6-14-22-32/h2-24,33-35H,1,25-28H2/b24-23+. The number of piperazine rings is 1. The first-order valence-corrected chi connectivity index (χ1v) is 13.3. The van der Waals surface area contributed by atoms with Gasteiger partial charge in [-0.25, -0.2) is 0 Å². The van der Waals surface area contributed by atoms with E-state index in [9.17, 15) is 0 Å². The molecule has 0 aromatic heterocycles. The summed E-state index contributed by atoms with van der Waals surface area (Å²) in [5.41, 5.74) is 5.26. The Balaban J connectivity index is 1.39. The molecular weight excluding hydrogens is 448 g/mol. The Bertz CT molecular complexity index is 1200. The van der Waals surface area contributed by atoms with Crippen molar-refractivity contribution in [1.82, 2.24) is 9.80 Å². The summed E-state index contributed by atoms with van der Waals surface area (Å²) in [4.78, 5) is 5.28. The lowest BCUT2D eigenvalue weighted by atomic mass is 9.89. The quantitative estimate of drug-likeness (QED) is 0.228. The lowest BCUT2D eigenvalue weighted by Gasteiger charge is -2.43. The first kappa shape index (κ1) is 25.0. The van der Waals surface area contributed by atoms with Gasteiger partial charge >= 0.3 is 0 Å². The molecule has 37 heavy (non-hydrogen) atoms. The maximum Gasteiger partial charge on any atom is 0.0602 e. The van der Waals surface area contributed by atoms with E-state index in [-0.39, 0.29) is 18.0 Å². The number of benzene rings is 4. The molecule has 0 radical (unpaired) electrons. The van der Waals surface area contributed by atoms with Crippen molar-refractivity contribution in [1.29, 1.82) is 0 Å². The Morgan fingerprint density at radius 3 is 1.46 bits per heavy atom. The van der Waals surface area contributed by atoms with Crippen LogP contribution in [-0.2, 0) is 0 Å². The van der Waals surface area contributed by atoms with Crippen LogP contribution in [0.2, 0.25) is 0 Å². The van der Waals surface area contributed by atoms with Gasteiger partial charge in [0.15, 0.2) is 0 Å². The van der Waals surface area contributed by atoms with E-state index in [4.69, 9.17) is 0 Å². The van der Waals surface area contributed by atoms with Crippen molar-refractivity contribution >= 4 is 6.08 Å². The molecule has 1 aliphatic heterocycles. The minimum atomic E-state index is 0.228. The molecule has 5 rings (SSSR count). The molecule has 2 unspecified atom stereocenters. The fourth-order valence-electron chi connectivity index (χ4n) is 5.57. The second-order valence-electron chi connectivity index (χ2n) is 9.73. The van der Waals surface area contributed by atoms with Gasteiger partial charge in [0, 0.05) is 38.1 Å². The predicted molar refractivity (Wildman–Crippen MR) is 157 cm³/mol. The van der Waals surface area contributed by atoms with Crippen LogP contribution in [0, 0.1) is 0 Å². The van der Waals surface area contributed by atoms with Crippen LogP contribution in [0.3, 0.4) is 0 Å². The summed E-state index contributed by atoms with van der Waals surface area (Å²) in [5, 5.41) is 0. The lowest BCUT2D eigenvalue weighted by Crippen LogP contribution is -2.52. The summed E-state index contributed by atoms with van der Waals surface area (Å²) in [7, 11) is 0. The van der Waals surface area contributed by atoms with Crippen molar-refractivity contribution < 1.29 is 0 Å². The number of nitrogens with zero attached hydrogens (tertiary/aromatic N) is 2. The molecule has 0 aliphatic carbocycles. The SMILES string of the molecule is C=CC(c1ccccc1)C(/C=C/c1ccccc1)N1CCN(C(c2ccccc2)c2ccccc2)CC1. The minimum Gasteiger partial charge on any atom is -0.293 e. The summed E-state index contributed by atoms with van der Waals surface area (Å²) in [5.74, 6) is 0.228. The van der Waals surface area contributed by atoms with Gasteiger partial charge < -0.3 is 0 Å². The highest BCUT2D eigenvalue weighted by molar-refractivity contribution is 5.50. The smallest absolute Gasteiger partial charge is 0.0602 e. The zero-order valence-electron chi connectivity index (χ0n) is 21.4. The van der Waals surface area contributed by atoms with Crippen LogP contribution in [0.5, 0.6) is 0 Å². The molecule has 1 aliphatic rings. The van der Waals surface area contributed by atoms with E-state index in [1.54, 1.807) is 0 Å². The van der Waals surface area contributed by atoms with Gasteiger partial charge in [-0.15, -0.1) is 6.58 Å². The van der Waals surface area contributed by atoms with Gasteiger partial charge in [0.25, 0.3) is 0 Å². The van der Waals surface area contributed by atoms with Crippen LogP contribution in [-0.4, -0.2) is 42.0 Å². The molecular formula is C35H36N2. The first-order chi connectivity index (χ1) is 18.3. The van der Waals surface area contributed by atoms with Gasteiger partial charge in [0.1, 0.15) is 0 Å². The molecule has 0 bridgehead atoms. The summed E-state index contributed by atoms with van der Waals surface area (Å²) < 4.78 is 0. The fourth-order valence-corrected chi connectivity index (χ4v) is 5.57. The summed E-state index contributed by atoms with van der Waals surface area (Å²) in [6.45, 7) is 8.32. The van der Waals surface area contributed by atoms with Crippen molar-refractivity contribution in [3.8, 4) is 0 Å². The van der Waals surface area contributed by atoms with Crippen molar-refractivity contribution in [2.75, 3.05) is 26.2 Å². The highest BCUT2D eigenvalue weighted by Gasteiger charge is 2.31. The average Bonchev–Trinajstić information content (AvgIpc) is 2.98. The van der Waals surface area contributed by atoms with E-state index in [0.29, 0.717) is 0 Å². The Labute approximate surface area is 222 Å². The van der Waals surface area contributed by atoms with Crippen LogP contribution in [0.1, 0.15) is 34.2 Å². The Hall–Kier alpha value is -3.72. The van der Waals surface area contributed by atoms with Crippen molar-refractivity contribution in [3.63, 3.8) is 0 Å². The largest absolute Gasteiger partial charge is 0.293 e. The highest BCUT2D eigenvalue weighted by atomic mass is 15.3. The number of hydrogen-bond acceptors (Lipinski definition) is 2. The number of hydrogen-bond donors (Lipinski definition) is 0. The van der Waals surface area contributed by atoms with Gasteiger partial charge in [-0.2, -0.15) is 0 Å². The summed E-state index contributed by atoms with van der Waals surface area (Å²) in [6, 6.07) is 43.8. The Morgan fingerprint density at radius 1 is 0.541 bits per heavy atom. The second kappa shape index (κ2) is 12.5. The van der Waals surface area contributed by atoms with Gasteiger partial charge in [-0.05, 0) is 22.3 Å². The van der Waals surface area contributed by atoms with Gasteiger partial charge in [-0.3, -0.25) is 9.80 Å². The summed E-state index contributed by atoms with van der Waals surface area (Å²) >= 11 is 0. The van der Waals surface area contributed by atoms with E-state index in [1.165, 1.54) is 22.3 Å². The molecule has 1 fully saturated rings. The molecule has 2 heteroatoms. The van der Waals surface area contributed by atoms with Gasteiger partial charge in [-0.1, -0.05) is 140 Å². The van der Waals surface area contributed by atoms with Crippen molar-refractivity contribution in [2.45, 2.75) is 18.0 Å². The van der Waals surface area contributed by atoms with E-state index in [2.05, 4.69) is 156 Å². The number of rotatable bonds is 9. The normalized spacial score (nSPS) is 16.6. The zero-order valence-corrected chi connectivity index (χ0v) is 21.4. The molecule has 2 nitrogen and oxygen atoms in total. The van der Waals surface area contributed by atoms with Crippen LogP contribution in [0.25, 0.3) is 6.08 Å². The highest BCUT2D eigenvalue weighted by Crippen LogP contribution is 2.32. The van der Waals surface area contributed by atoms with Gasteiger partial charge in [0.05, 0.1) is 6.04 Å². The van der Waals surface area contributed by atoms with Crippen molar-refractivity contribution in [3.05, 3.63) is 162 Å². The van der Waals surface area contributed by atoms with Crippen LogP contribution >= 0.6 is 0 Å². The average molecular weight is 485 g/mol. The van der Waals surface area contributed by atoms with E-state index in [1.807, 2.05) is 0 Å². The third-order valence-corrected chi connectivity index (χ3v) is 7.46. The molecule has 0 amide bonds. The molecule has 2 atom stereocenters. The monoisotopic (exact) mass is 484 g/mol. The topological polar surface area (TPSA) is 6.48 Å². The van der Waals surface area contributed by atoms with Gasteiger partial charge in [0.2, 0.25) is 0 Å². The maximum atomic E-state index is 4.26. The third-order valence-electron chi connectivity index (χ3n) is 7.46. The Morgan fingerprint density at radius 2 is 0.973 bits per heavy atom. The molecule has 186 valence electrons. The zero-order chi connectivity index (χ0) is 25.3. The molecule has 4 aromatic carbocycles. The molecule has 0 N–H and O–H groups in total. The van der Waals surface area contributed by atoms with Crippen LogP contribution < -0.4 is 0 Å². The molecule has 0 saturated carbocycles. The third kappa shape index (κ3) is 6.17. The van der Waals surface area contributed by atoms with E-state index >= 15 is 0 Å².